The summed E-state index contributed by atoms with van der Waals surface area (Å²) >= 11 is 1.24. The van der Waals surface area contributed by atoms with Gasteiger partial charge in [-0.2, -0.15) is 0 Å². The number of aliphatic carboxylic acids is 1. The molecule has 0 saturated heterocycles. The Bertz CT molecular complexity index is 440. The maximum absolute atomic E-state index is 11.6. The number of hydrogen-bond acceptors (Lipinski definition) is 4. The van der Waals surface area contributed by atoms with E-state index >= 15 is 0 Å². The molecule has 0 aliphatic heterocycles. The third-order valence-electron chi connectivity index (χ3n) is 2.20. The van der Waals surface area contributed by atoms with Crippen molar-refractivity contribution in [2.24, 2.45) is 5.92 Å². The minimum atomic E-state index is -1.01. The number of nitrogens with zero attached hydrogens (tertiary/aromatic N) is 1. The third kappa shape index (κ3) is 4.36. The summed E-state index contributed by atoms with van der Waals surface area (Å²) in [5, 5.41) is 11.6. The summed E-state index contributed by atoms with van der Waals surface area (Å²) in [6.07, 6.45) is 4.77. The van der Waals surface area contributed by atoms with Gasteiger partial charge in [0, 0.05) is 23.1 Å². The highest BCUT2D eigenvalue weighted by molar-refractivity contribution is 7.16. The average Bonchev–Trinajstić information content (AvgIpc) is 2.73. The molecule has 0 aliphatic carbocycles. The largest absolute Gasteiger partial charge is 0.478 e. The lowest BCUT2D eigenvalue weighted by atomic mass is 10.1. The van der Waals surface area contributed by atoms with Gasteiger partial charge in [0.05, 0.1) is 0 Å². The van der Waals surface area contributed by atoms with Crippen LogP contribution in [0.5, 0.6) is 0 Å². The predicted molar refractivity (Wildman–Crippen MR) is 66.9 cm³/mol. The highest BCUT2D eigenvalue weighted by atomic mass is 32.1. The summed E-state index contributed by atoms with van der Waals surface area (Å²) in [6, 6.07) is 0. The van der Waals surface area contributed by atoms with Gasteiger partial charge in [-0.3, -0.25) is 4.79 Å². The molecule has 0 aliphatic rings. The van der Waals surface area contributed by atoms with Gasteiger partial charge in [0.25, 0.3) is 0 Å². The van der Waals surface area contributed by atoms with Crippen LogP contribution >= 0.6 is 11.3 Å². The number of nitrogens with one attached hydrogen (secondary N) is 1. The van der Waals surface area contributed by atoms with Crippen molar-refractivity contribution in [2.45, 2.75) is 20.3 Å². The molecule has 1 aromatic rings. The number of hydrogen-bond donors (Lipinski definition) is 2. The Morgan fingerprint density at radius 2 is 2.35 bits per heavy atom. The number of thiazole rings is 1. The molecule has 1 unspecified atom stereocenters. The molecule has 2 N–H and O–H groups in total. The second-order valence-corrected chi connectivity index (χ2v) is 4.60. The maximum Gasteiger partial charge on any atom is 0.328 e. The number of anilines is 1. The Morgan fingerprint density at radius 3 is 2.94 bits per heavy atom. The molecular formula is C11H14N2O3S. The van der Waals surface area contributed by atoms with E-state index in [0.29, 0.717) is 10.0 Å². The quantitative estimate of drug-likeness (QED) is 0.790. The number of carbonyl (C=O) groups is 2. The molecule has 92 valence electrons. The second-order valence-electron chi connectivity index (χ2n) is 3.54. The van der Waals surface area contributed by atoms with Gasteiger partial charge in [-0.15, -0.1) is 0 Å². The molecule has 0 fully saturated rings. The van der Waals surface area contributed by atoms with E-state index in [2.05, 4.69) is 10.3 Å². The Balaban J connectivity index is 2.63. The molecule has 0 spiro atoms. The van der Waals surface area contributed by atoms with Crippen LogP contribution in [0.2, 0.25) is 0 Å². The summed E-state index contributed by atoms with van der Waals surface area (Å²) in [5.41, 5.74) is 0. The molecule has 0 saturated carbocycles. The van der Waals surface area contributed by atoms with Crippen LogP contribution in [0.1, 0.15) is 25.1 Å². The fourth-order valence-corrected chi connectivity index (χ4v) is 1.71. The Hall–Kier alpha value is -1.69. The maximum atomic E-state index is 11.6. The van der Waals surface area contributed by atoms with Crippen molar-refractivity contribution >= 4 is 34.4 Å². The molecule has 1 aromatic heterocycles. The van der Waals surface area contributed by atoms with Gasteiger partial charge in [0.15, 0.2) is 5.13 Å². The summed E-state index contributed by atoms with van der Waals surface area (Å²) in [6.45, 7) is 3.78. The first-order valence-corrected chi connectivity index (χ1v) is 6.02. The standard InChI is InChI=1S/C11H14N2O3S/c1-3-7(2)10(16)13-11-12-6-8(17-11)4-5-9(14)15/h4-7H,3H2,1-2H3,(H,14,15)(H,12,13,16). The molecule has 1 amide bonds. The Morgan fingerprint density at radius 1 is 1.65 bits per heavy atom. The van der Waals surface area contributed by atoms with Gasteiger partial charge in [0.2, 0.25) is 5.91 Å². The van der Waals surface area contributed by atoms with Crippen molar-refractivity contribution in [3.05, 3.63) is 17.2 Å². The first-order valence-electron chi connectivity index (χ1n) is 5.20. The van der Waals surface area contributed by atoms with E-state index in [-0.39, 0.29) is 11.8 Å². The normalized spacial score (nSPS) is 12.6. The van der Waals surface area contributed by atoms with Crippen molar-refractivity contribution in [2.75, 3.05) is 5.32 Å². The molecule has 1 rings (SSSR count). The molecule has 0 bridgehead atoms. The van der Waals surface area contributed by atoms with Crippen LogP contribution in [-0.2, 0) is 9.59 Å². The predicted octanol–water partition coefficient (Wildman–Crippen LogP) is 2.23. The van der Waals surface area contributed by atoms with Crippen LogP contribution in [0.15, 0.2) is 12.3 Å². The van der Waals surface area contributed by atoms with Crippen LogP contribution < -0.4 is 5.32 Å². The van der Waals surface area contributed by atoms with Crippen LogP contribution in [0.25, 0.3) is 6.08 Å². The SMILES string of the molecule is CCC(C)C(=O)Nc1ncc(C=CC(=O)O)s1. The van der Waals surface area contributed by atoms with Crippen molar-refractivity contribution in [1.29, 1.82) is 0 Å². The lowest BCUT2D eigenvalue weighted by Crippen LogP contribution is -2.19. The fourth-order valence-electron chi connectivity index (χ4n) is 0.989. The van der Waals surface area contributed by atoms with Gasteiger partial charge in [-0.25, -0.2) is 9.78 Å². The summed E-state index contributed by atoms with van der Waals surface area (Å²) in [7, 11) is 0. The Labute approximate surface area is 103 Å². The number of carboxylic acid groups (broad SMARTS) is 1. The van der Waals surface area contributed by atoms with Crippen LogP contribution in [0.4, 0.5) is 5.13 Å². The lowest BCUT2D eigenvalue weighted by molar-refractivity contribution is -0.131. The topological polar surface area (TPSA) is 79.3 Å². The van der Waals surface area contributed by atoms with Gasteiger partial charge in [-0.05, 0) is 12.5 Å². The van der Waals surface area contributed by atoms with E-state index in [1.54, 1.807) is 0 Å². The third-order valence-corrected chi connectivity index (χ3v) is 3.08. The smallest absolute Gasteiger partial charge is 0.328 e. The van der Waals surface area contributed by atoms with Gasteiger partial charge < -0.3 is 10.4 Å². The minimum Gasteiger partial charge on any atom is -0.478 e. The van der Waals surface area contributed by atoms with Crippen molar-refractivity contribution in [1.82, 2.24) is 4.98 Å². The minimum absolute atomic E-state index is 0.0584. The Kier molecular flexibility index (Phi) is 4.84. The summed E-state index contributed by atoms with van der Waals surface area (Å²) in [5.74, 6) is -1.14. The van der Waals surface area contributed by atoms with Gasteiger partial charge in [0.1, 0.15) is 0 Å². The molecule has 6 heteroatoms. The zero-order chi connectivity index (χ0) is 12.8. The number of aromatic nitrogens is 1. The van der Waals surface area contributed by atoms with Crippen LogP contribution in [0.3, 0.4) is 0 Å². The number of amides is 1. The number of rotatable bonds is 5. The van der Waals surface area contributed by atoms with E-state index < -0.39 is 5.97 Å². The fraction of sp³-hybridized carbons (Fsp3) is 0.364. The van der Waals surface area contributed by atoms with E-state index in [9.17, 15) is 9.59 Å². The molecule has 17 heavy (non-hydrogen) atoms. The zero-order valence-electron chi connectivity index (χ0n) is 9.64. The lowest BCUT2D eigenvalue weighted by Gasteiger charge is -2.06. The molecular weight excluding hydrogens is 240 g/mol. The second kappa shape index (κ2) is 6.15. The molecule has 0 radical (unpaired) electrons. The number of carbonyl (C=O) groups excluding carboxylic acids is 1. The summed E-state index contributed by atoms with van der Waals surface area (Å²) in [4.78, 5) is 26.6. The van der Waals surface area contributed by atoms with Crippen molar-refractivity contribution in [3.63, 3.8) is 0 Å². The van der Waals surface area contributed by atoms with E-state index in [4.69, 9.17) is 5.11 Å². The van der Waals surface area contributed by atoms with Crippen molar-refractivity contribution < 1.29 is 14.7 Å². The monoisotopic (exact) mass is 254 g/mol. The molecule has 0 aromatic carbocycles. The van der Waals surface area contributed by atoms with E-state index in [1.807, 2.05) is 13.8 Å². The van der Waals surface area contributed by atoms with Crippen LogP contribution in [-0.4, -0.2) is 22.0 Å². The first-order chi connectivity index (χ1) is 8.02. The average molecular weight is 254 g/mol. The van der Waals surface area contributed by atoms with E-state index in [1.165, 1.54) is 23.6 Å². The highest BCUT2D eigenvalue weighted by Crippen LogP contribution is 2.20. The van der Waals surface area contributed by atoms with Gasteiger partial charge >= 0.3 is 5.97 Å². The highest BCUT2D eigenvalue weighted by Gasteiger charge is 2.12. The molecule has 1 atom stereocenters. The molecule has 1 heterocycles. The van der Waals surface area contributed by atoms with Crippen molar-refractivity contribution in [3.8, 4) is 0 Å². The molecule has 5 nitrogen and oxygen atoms in total. The zero-order valence-corrected chi connectivity index (χ0v) is 10.5. The summed E-state index contributed by atoms with van der Waals surface area (Å²) < 4.78 is 0. The van der Waals surface area contributed by atoms with Gasteiger partial charge in [-0.1, -0.05) is 25.2 Å². The van der Waals surface area contributed by atoms with Crippen LogP contribution in [0, 0.1) is 5.92 Å². The first kappa shape index (κ1) is 13.4. The van der Waals surface area contributed by atoms with E-state index in [0.717, 1.165) is 12.5 Å². The number of carboxylic acids is 1.